The van der Waals surface area contributed by atoms with Gasteiger partial charge in [0.15, 0.2) is 11.6 Å². The Morgan fingerprint density at radius 3 is 2.62 bits per heavy atom. The number of likely N-dealkylation sites (N-methyl/N-ethyl adjacent to an activating group) is 1. The summed E-state index contributed by atoms with van der Waals surface area (Å²) in [6.07, 6.45) is 0.639. The van der Waals surface area contributed by atoms with Crippen molar-refractivity contribution in [1.82, 2.24) is 5.32 Å². The summed E-state index contributed by atoms with van der Waals surface area (Å²) in [5.41, 5.74) is 0. The molecule has 2 nitrogen and oxygen atoms in total. The Kier molecular flexibility index (Phi) is 4.68. The summed E-state index contributed by atoms with van der Waals surface area (Å²) in [5.74, 6) is -1.86. The maximum absolute atomic E-state index is 13.3. The predicted octanol–water partition coefficient (Wildman–Crippen LogP) is 2.73. The first-order valence-corrected chi connectivity index (χ1v) is 5.38. The summed E-state index contributed by atoms with van der Waals surface area (Å²) < 4.78 is 31.6. The van der Waals surface area contributed by atoms with Crippen LogP contribution in [0.25, 0.3) is 0 Å². The number of nitrogens with one attached hydrogen (secondary N) is 1. The lowest BCUT2D eigenvalue weighted by atomic mass is 10.1. The molecular weight excluding hydrogens is 212 g/mol. The van der Waals surface area contributed by atoms with Crippen LogP contribution >= 0.6 is 0 Å². The van der Waals surface area contributed by atoms with Gasteiger partial charge in [-0.2, -0.15) is 4.39 Å². The summed E-state index contributed by atoms with van der Waals surface area (Å²) in [5, 5.41) is 3.06. The van der Waals surface area contributed by atoms with E-state index in [0.717, 1.165) is 12.5 Å². The normalized spacial score (nSPS) is 14.6. The first-order chi connectivity index (χ1) is 7.60. The number of hydrogen-bond acceptors (Lipinski definition) is 2. The molecule has 16 heavy (non-hydrogen) atoms. The monoisotopic (exact) mass is 229 g/mol. The van der Waals surface area contributed by atoms with E-state index < -0.39 is 11.6 Å². The van der Waals surface area contributed by atoms with E-state index in [1.54, 1.807) is 0 Å². The molecule has 1 rings (SSSR count). The molecule has 0 spiro atoms. The fourth-order valence-electron chi connectivity index (χ4n) is 1.63. The number of hydrogen-bond donors (Lipinski definition) is 1. The van der Waals surface area contributed by atoms with Crippen molar-refractivity contribution in [2.75, 3.05) is 7.05 Å². The third-order valence-corrected chi connectivity index (χ3v) is 2.61. The molecule has 0 fully saturated rings. The second-order valence-corrected chi connectivity index (χ2v) is 3.68. The van der Waals surface area contributed by atoms with Crippen molar-refractivity contribution >= 4 is 0 Å². The molecule has 0 amide bonds. The lowest BCUT2D eigenvalue weighted by Gasteiger charge is -2.23. The van der Waals surface area contributed by atoms with Crippen LogP contribution < -0.4 is 10.1 Å². The van der Waals surface area contributed by atoms with Crippen LogP contribution in [0.4, 0.5) is 8.78 Å². The Hall–Kier alpha value is -1.16. The first kappa shape index (κ1) is 12.9. The quantitative estimate of drug-likeness (QED) is 0.838. The third kappa shape index (κ3) is 2.92. The van der Waals surface area contributed by atoms with Crippen LogP contribution in [0, 0.1) is 11.6 Å². The highest BCUT2D eigenvalue weighted by atomic mass is 19.2. The highest BCUT2D eigenvalue weighted by molar-refractivity contribution is 5.25. The standard InChI is InChI=1S/C12H17F2NO/c1-4-10(15-3)8(2)16-11-7-5-6-9(13)12(11)14/h5-8,10,15H,4H2,1-3H3. The van der Waals surface area contributed by atoms with Crippen molar-refractivity contribution in [3.05, 3.63) is 29.8 Å². The van der Waals surface area contributed by atoms with E-state index in [9.17, 15) is 8.78 Å². The van der Waals surface area contributed by atoms with Crippen LogP contribution in [0.15, 0.2) is 18.2 Å². The Labute approximate surface area is 94.6 Å². The van der Waals surface area contributed by atoms with E-state index in [-0.39, 0.29) is 17.9 Å². The van der Waals surface area contributed by atoms with Gasteiger partial charge in [0.2, 0.25) is 5.82 Å². The number of halogens is 2. The van der Waals surface area contributed by atoms with Crippen LogP contribution in [0.5, 0.6) is 5.75 Å². The molecule has 1 aromatic rings. The summed E-state index contributed by atoms with van der Waals surface area (Å²) in [6, 6.07) is 4.04. The minimum Gasteiger partial charge on any atom is -0.486 e. The van der Waals surface area contributed by atoms with Gasteiger partial charge in [-0.1, -0.05) is 13.0 Å². The van der Waals surface area contributed by atoms with Gasteiger partial charge in [-0.15, -0.1) is 0 Å². The zero-order valence-electron chi connectivity index (χ0n) is 9.76. The fraction of sp³-hybridized carbons (Fsp3) is 0.500. The molecule has 1 N–H and O–H groups in total. The molecule has 0 radical (unpaired) electrons. The molecule has 0 aromatic heterocycles. The Morgan fingerprint density at radius 1 is 1.38 bits per heavy atom. The molecule has 0 saturated carbocycles. The lowest BCUT2D eigenvalue weighted by Crippen LogP contribution is -2.38. The van der Waals surface area contributed by atoms with Crippen molar-refractivity contribution < 1.29 is 13.5 Å². The smallest absolute Gasteiger partial charge is 0.200 e. The average molecular weight is 229 g/mol. The first-order valence-electron chi connectivity index (χ1n) is 5.38. The second-order valence-electron chi connectivity index (χ2n) is 3.68. The molecule has 0 heterocycles. The summed E-state index contributed by atoms with van der Waals surface area (Å²) >= 11 is 0. The SMILES string of the molecule is CCC(NC)C(C)Oc1cccc(F)c1F. The van der Waals surface area contributed by atoms with E-state index in [1.807, 2.05) is 20.9 Å². The number of rotatable bonds is 5. The van der Waals surface area contributed by atoms with Crippen LogP contribution in [0.2, 0.25) is 0 Å². The van der Waals surface area contributed by atoms with Gasteiger partial charge in [-0.05, 0) is 32.5 Å². The van der Waals surface area contributed by atoms with Gasteiger partial charge in [0.1, 0.15) is 6.10 Å². The van der Waals surface area contributed by atoms with Gasteiger partial charge < -0.3 is 10.1 Å². The van der Waals surface area contributed by atoms with Gasteiger partial charge >= 0.3 is 0 Å². The Bertz CT molecular complexity index is 340. The van der Waals surface area contributed by atoms with Gasteiger partial charge in [-0.25, -0.2) is 4.39 Å². The lowest BCUT2D eigenvalue weighted by molar-refractivity contribution is 0.163. The molecule has 0 aliphatic carbocycles. The average Bonchev–Trinajstić information content (AvgIpc) is 2.26. The van der Waals surface area contributed by atoms with Crippen LogP contribution in [0.1, 0.15) is 20.3 Å². The third-order valence-electron chi connectivity index (χ3n) is 2.61. The van der Waals surface area contributed by atoms with Crippen LogP contribution in [0.3, 0.4) is 0 Å². The number of benzene rings is 1. The molecule has 0 saturated heterocycles. The van der Waals surface area contributed by atoms with Crippen LogP contribution in [-0.4, -0.2) is 19.2 Å². The van der Waals surface area contributed by atoms with E-state index >= 15 is 0 Å². The van der Waals surface area contributed by atoms with Crippen molar-refractivity contribution in [2.45, 2.75) is 32.4 Å². The van der Waals surface area contributed by atoms with E-state index in [4.69, 9.17) is 4.74 Å². The van der Waals surface area contributed by atoms with Crippen molar-refractivity contribution in [3.8, 4) is 5.75 Å². The summed E-state index contributed by atoms with van der Waals surface area (Å²) in [7, 11) is 1.82. The van der Waals surface area contributed by atoms with Gasteiger partial charge in [0.05, 0.1) is 0 Å². The second kappa shape index (κ2) is 5.80. The molecule has 4 heteroatoms. The molecule has 2 unspecified atom stereocenters. The summed E-state index contributed by atoms with van der Waals surface area (Å²) in [6.45, 7) is 3.83. The van der Waals surface area contributed by atoms with Gasteiger partial charge in [0, 0.05) is 6.04 Å². The maximum Gasteiger partial charge on any atom is 0.200 e. The number of ether oxygens (including phenoxy) is 1. The van der Waals surface area contributed by atoms with Crippen molar-refractivity contribution in [1.29, 1.82) is 0 Å². The fourth-order valence-corrected chi connectivity index (χ4v) is 1.63. The predicted molar refractivity (Wildman–Crippen MR) is 59.6 cm³/mol. The Morgan fingerprint density at radius 2 is 2.06 bits per heavy atom. The zero-order valence-corrected chi connectivity index (χ0v) is 9.76. The Balaban J connectivity index is 2.76. The minimum absolute atomic E-state index is 0.0406. The van der Waals surface area contributed by atoms with Gasteiger partial charge in [-0.3, -0.25) is 0 Å². The zero-order chi connectivity index (χ0) is 12.1. The molecule has 0 aliphatic rings. The molecule has 1 aromatic carbocycles. The highest BCUT2D eigenvalue weighted by Crippen LogP contribution is 2.21. The van der Waals surface area contributed by atoms with E-state index in [1.165, 1.54) is 12.1 Å². The van der Waals surface area contributed by atoms with Crippen molar-refractivity contribution in [2.24, 2.45) is 0 Å². The molecule has 0 bridgehead atoms. The summed E-state index contributed by atoms with van der Waals surface area (Å²) in [4.78, 5) is 0. The maximum atomic E-state index is 13.3. The van der Waals surface area contributed by atoms with Crippen LogP contribution in [-0.2, 0) is 0 Å². The molecule has 0 aliphatic heterocycles. The van der Waals surface area contributed by atoms with E-state index in [0.29, 0.717) is 0 Å². The van der Waals surface area contributed by atoms with E-state index in [2.05, 4.69) is 5.32 Å². The highest BCUT2D eigenvalue weighted by Gasteiger charge is 2.17. The largest absolute Gasteiger partial charge is 0.486 e. The molecule has 90 valence electrons. The topological polar surface area (TPSA) is 21.3 Å². The van der Waals surface area contributed by atoms with Crippen molar-refractivity contribution in [3.63, 3.8) is 0 Å². The minimum atomic E-state index is -0.930. The molecule has 2 atom stereocenters. The van der Waals surface area contributed by atoms with Gasteiger partial charge in [0.25, 0.3) is 0 Å². The molecular formula is C12H17F2NO.